The van der Waals surface area contributed by atoms with Gasteiger partial charge in [0.15, 0.2) is 0 Å². The zero-order valence-electron chi connectivity index (χ0n) is 12.8. The Bertz CT molecular complexity index is 700. The van der Waals surface area contributed by atoms with Crippen LogP contribution in [0.4, 0.5) is 11.4 Å². The Morgan fingerprint density at radius 3 is 2.57 bits per heavy atom. The second kappa shape index (κ2) is 6.93. The molecule has 0 radical (unpaired) electrons. The molecule has 23 heavy (non-hydrogen) atoms. The van der Waals surface area contributed by atoms with Gasteiger partial charge in [-0.1, -0.05) is 19.1 Å². The highest BCUT2D eigenvalue weighted by molar-refractivity contribution is 7.12. The summed E-state index contributed by atoms with van der Waals surface area (Å²) in [6.07, 6.45) is 0. The maximum Gasteiger partial charge on any atom is 0.265 e. The van der Waals surface area contributed by atoms with Gasteiger partial charge in [-0.15, -0.1) is 11.3 Å². The molecular weight excluding hydrogens is 310 g/mol. The summed E-state index contributed by atoms with van der Waals surface area (Å²) < 4.78 is 0. The maximum absolute atomic E-state index is 12.3. The Morgan fingerprint density at radius 2 is 1.91 bits per heavy atom. The lowest BCUT2D eigenvalue weighted by Crippen LogP contribution is -2.27. The molecule has 0 bridgehead atoms. The van der Waals surface area contributed by atoms with E-state index in [1.54, 1.807) is 18.2 Å². The molecule has 0 unspecified atom stereocenters. The summed E-state index contributed by atoms with van der Waals surface area (Å²) in [4.78, 5) is 25.0. The van der Waals surface area contributed by atoms with E-state index < -0.39 is 0 Å². The van der Waals surface area contributed by atoms with Gasteiger partial charge in [0.1, 0.15) is 0 Å². The molecule has 0 saturated carbocycles. The fourth-order valence-electron chi connectivity index (χ4n) is 2.67. The molecule has 1 aromatic carbocycles. The standard InChI is InChI=1S/C17H19N3O2S/c1-11-9-18-10-14(11)16(21)19-12-4-2-5-13(8-12)20-17(22)15-6-3-7-23-15/h2-8,11,14,18H,9-10H2,1H3,(H,19,21)(H,20,22)/t11-,14-/m1/s1. The van der Waals surface area contributed by atoms with Crippen LogP contribution in [-0.2, 0) is 4.79 Å². The van der Waals surface area contributed by atoms with E-state index in [-0.39, 0.29) is 17.7 Å². The molecule has 120 valence electrons. The van der Waals surface area contributed by atoms with E-state index in [4.69, 9.17) is 0 Å². The van der Waals surface area contributed by atoms with Crippen molar-refractivity contribution in [2.45, 2.75) is 6.92 Å². The smallest absolute Gasteiger partial charge is 0.265 e. The third-order valence-corrected chi connectivity index (χ3v) is 4.86. The Labute approximate surface area is 139 Å². The number of benzene rings is 1. The number of hydrogen-bond acceptors (Lipinski definition) is 4. The van der Waals surface area contributed by atoms with Crippen LogP contribution in [0, 0.1) is 11.8 Å². The van der Waals surface area contributed by atoms with Crippen molar-refractivity contribution in [3.63, 3.8) is 0 Å². The topological polar surface area (TPSA) is 70.2 Å². The van der Waals surface area contributed by atoms with Crippen LogP contribution in [0.1, 0.15) is 16.6 Å². The number of amides is 2. The van der Waals surface area contributed by atoms with E-state index in [1.165, 1.54) is 11.3 Å². The summed E-state index contributed by atoms with van der Waals surface area (Å²) in [5, 5.41) is 10.9. The average Bonchev–Trinajstić information content (AvgIpc) is 3.18. The lowest BCUT2D eigenvalue weighted by Gasteiger charge is -2.14. The first-order valence-corrected chi connectivity index (χ1v) is 8.48. The van der Waals surface area contributed by atoms with Gasteiger partial charge in [-0.25, -0.2) is 0 Å². The van der Waals surface area contributed by atoms with Gasteiger partial charge in [-0.2, -0.15) is 0 Å². The molecular formula is C17H19N3O2S. The second-order valence-corrected chi connectivity index (χ2v) is 6.69. The van der Waals surface area contributed by atoms with Crippen LogP contribution in [0.15, 0.2) is 41.8 Å². The molecule has 1 aliphatic heterocycles. The Morgan fingerprint density at radius 1 is 1.13 bits per heavy atom. The van der Waals surface area contributed by atoms with Crippen LogP contribution in [0.3, 0.4) is 0 Å². The quantitative estimate of drug-likeness (QED) is 0.808. The maximum atomic E-state index is 12.3. The number of carbonyl (C=O) groups excluding carboxylic acids is 2. The van der Waals surface area contributed by atoms with Crippen molar-refractivity contribution < 1.29 is 9.59 Å². The molecule has 2 aromatic rings. The molecule has 6 heteroatoms. The van der Waals surface area contributed by atoms with Crippen LogP contribution >= 0.6 is 11.3 Å². The third-order valence-electron chi connectivity index (χ3n) is 3.99. The Balaban J connectivity index is 1.65. The van der Waals surface area contributed by atoms with E-state index in [2.05, 4.69) is 22.9 Å². The Hall–Kier alpha value is -2.18. The van der Waals surface area contributed by atoms with Gasteiger partial charge in [-0.05, 0) is 42.1 Å². The minimum absolute atomic E-state index is 0.0145. The average molecular weight is 329 g/mol. The highest BCUT2D eigenvalue weighted by Crippen LogP contribution is 2.21. The molecule has 2 atom stereocenters. The van der Waals surface area contributed by atoms with Crippen LogP contribution in [0.2, 0.25) is 0 Å². The number of rotatable bonds is 4. The van der Waals surface area contributed by atoms with E-state index >= 15 is 0 Å². The molecule has 0 aliphatic carbocycles. The number of anilines is 2. The first-order chi connectivity index (χ1) is 11.1. The van der Waals surface area contributed by atoms with Gasteiger partial charge in [-0.3, -0.25) is 9.59 Å². The summed E-state index contributed by atoms with van der Waals surface area (Å²) in [5.41, 5.74) is 1.36. The van der Waals surface area contributed by atoms with Crippen molar-refractivity contribution in [3.8, 4) is 0 Å². The van der Waals surface area contributed by atoms with E-state index in [0.717, 1.165) is 6.54 Å². The molecule has 1 saturated heterocycles. The van der Waals surface area contributed by atoms with Crippen molar-refractivity contribution in [2.24, 2.45) is 11.8 Å². The van der Waals surface area contributed by atoms with Gasteiger partial charge in [0.25, 0.3) is 5.91 Å². The number of nitrogens with one attached hydrogen (secondary N) is 3. The molecule has 2 heterocycles. The Kier molecular flexibility index (Phi) is 4.73. The molecule has 1 aliphatic rings. The number of carbonyl (C=O) groups is 2. The number of hydrogen-bond donors (Lipinski definition) is 3. The zero-order chi connectivity index (χ0) is 16.2. The summed E-state index contributed by atoms with van der Waals surface area (Å²) in [5.74, 6) is 0.192. The summed E-state index contributed by atoms with van der Waals surface area (Å²) in [6, 6.07) is 10.8. The fraction of sp³-hybridized carbons (Fsp3) is 0.294. The molecule has 5 nitrogen and oxygen atoms in total. The molecule has 2 amide bonds. The molecule has 0 spiro atoms. The molecule has 1 fully saturated rings. The minimum Gasteiger partial charge on any atom is -0.326 e. The summed E-state index contributed by atoms with van der Waals surface area (Å²) in [6.45, 7) is 3.65. The van der Waals surface area contributed by atoms with Crippen molar-refractivity contribution in [3.05, 3.63) is 46.7 Å². The van der Waals surface area contributed by atoms with Gasteiger partial charge in [0, 0.05) is 17.9 Å². The predicted octanol–water partition coefficient (Wildman–Crippen LogP) is 2.79. The molecule has 1 aromatic heterocycles. The normalized spacial score (nSPS) is 20.2. The molecule has 3 rings (SSSR count). The first-order valence-electron chi connectivity index (χ1n) is 7.60. The number of thiophene rings is 1. The van der Waals surface area contributed by atoms with E-state index in [9.17, 15) is 9.59 Å². The molecule has 3 N–H and O–H groups in total. The lowest BCUT2D eigenvalue weighted by atomic mass is 9.97. The van der Waals surface area contributed by atoms with E-state index in [1.807, 2.05) is 23.6 Å². The summed E-state index contributed by atoms with van der Waals surface area (Å²) >= 11 is 1.39. The second-order valence-electron chi connectivity index (χ2n) is 5.74. The van der Waals surface area contributed by atoms with Crippen molar-refractivity contribution in [2.75, 3.05) is 23.7 Å². The van der Waals surface area contributed by atoms with Gasteiger partial charge in [0.05, 0.1) is 10.8 Å². The van der Waals surface area contributed by atoms with Crippen LogP contribution < -0.4 is 16.0 Å². The van der Waals surface area contributed by atoms with Gasteiger partial charge in [0.2, 0.25) is 5.91 Å². The van der Waals surface area contributed by atoms with Crippen molar-refractivity contribution in [1.82, 2.24) is 5.32 Å². The summed E-state index contributed by atoms with van der Waals surface area (Å²) in [7, 11) is 0. The minimum atomic E-state index is -0.142. The zero-order valence-corrected chi connectivity index (χ0v) is 13.7. The van der Waals surface area contributed by atoms with Crippen LogP contribution in [0.5, 0.6) is 0 Å². The largest absolute Gasteiger partial charge is 0.326 e. The highest BCUT2D eigenvalue weighted by Gasteiger charge is 2.29. The predicted molar refractivity (Wildman–Crippen MR) is 92.9 cm³/mol. The van der Waals surface area contributed by atoms with E-state index in [0.29, 0.717) is 28.7 Å². The lowest BCUT2D eigenvalue weighted by molar-refractivity contribution is -0.120. The van der Waals surface area contributed by atoms with Crippen molar-refractivity contribution >= 4 is 34.5 Å². The van der Waals surface area contributed by atoms with Crippen LogP contribution in [-0.4, -0.2) is 24.9 Å². The third kappa shape index (κ3) is 3.78. The first kappa shape index (κ1) is 15.7. The SMILES string of the molecule is C[C@@H]1CNC[C@H]1C(=O)Nc1cccc(NC(=O)c2cccs2)c1. The van der Waals surface area contributed by atoms with Crippen LogP contribution in [0.25, 0.3) is 0 Å². The monoisotopic (exact) mass is 329 g/mol. The fourth-order valence-corrected chi connectivity index (χ4v) is 3.29. The van der Waals surface area contributed by atoms with Crippen molar-refractivity contribution in [1.29, 1.82) is 0 Å². The van der Waals surface area contributed by atoms with Gasteiger partial charge >= 0.3 is 0 Å². The van der Waals surface area contributed by atoms with Gasteiger partial charge < -0.3 is 16.0 Å². The highest BCUT2D eigenvalue weighted by atomic mass is 32.1.